The Labute approximate surface area is 94.8 Å². The molecular weight excluding hydrogens is 186 g/mol. The van der Waals surface area contributed by atoms with Gasteiger partial charge in [0.25, 0.3) is 0 Å². The van der Waals surface area contributed by atoms with Crippen LogP contribution < -0.4 is 5.32 Å². The molecule has 0 amide bonds. The first-order chi connectivity index (χ1) is 7.26. The molecule has 0 spiro atoms. The summed E-state index contributed by atoms with van der Waals surface area (Å²) in [5.41, 5.74) is 0. The molecule has 0 aromatic carbocycles. The first-order valence-corrected chi connectivity index (χ1v) is 6.42. The lowest BCUT2D eigenvalue weighted by Gasteiger charge is -2.23. The highest BCUT2D eigenvalue weighted by atomic mass is 16.5. The van der Waals surface area contributed by atoms with Crippen molar-refractivity contribution in [2.24, 2.45) is 11.8 Å². The van der Waals surface area contributed by atoms with E-state index in [1.807, 2.05) is 0 Å². The maximum atomic E-state index is 5.19. The van der Waals surface area contributed by atoms with E-state index in [1.54, 1.807) is 7.11 Å². The second-order valence-corrected chi connectivity index (χ2v) is 5.17. The highest BCUT2D eigenvalue weighted by Crippen LogP contribution is 2.29. The van der Waals surface area contributed by atoms with E-state index in [0.717, 1.165) is 12.5 Å². The molecule has 1 aliphatic carbocycles. The van der Waals surface area contributed by atoms with Crippen LogP contribution in [0.15, 0.2) is 0 Å². The largest absolute Gasteiger partial charge is 0.384 e. The van der Waals surface area contributed by atoms with E-state index in [-0.39, 0.29) is 0 Å². The van der Waals surface area contributed by atoms with Crippen molar-refractivity contribution in [2.75, 3.05) is 20.8 Å². The van der Waals surface area contributed by atoms with Crippen molar-refractivity contribution in [1.82, 2.24) is 5.32 Å². The Hall–Kier alpha value is -0.0800. The average Bonchev–Trinajstić information content (AvgIpc) is 2.70. The van der Waals surface area contributed by atoms with Crippen LogP contribution in [0.3, 0.4) is 0 Å². The lowest BCUT2D eigenvalue weighted by molar-refractivity contribution is 0.147. The third-order valence-electron chi connectivity index (χ3n) is 3.64. The molecule has 0 aromatic heterocycles. The van der Waals surface area contributed by atoms with Crippen LogP contribution in [0.25, 0.3) is 0 Å². The van der Waals surface area contributed by atoms with Gasteiger partial charge in [-0.25, -0.2) is 0 Å². The van der Waals surface area contributed by atoms with Gasteiger partial charge >= 0.3 is 0 Å². The normalized spacial score (nSPS) is 21.8. The van der Waals surface area contributed by atoms with Crippen molar-refractivity contribution in [3.05, 3.63) is 0 Å². The monoisotopic (exact) mass is 213 g/mol. The maximum Gasteiger partial charge on any atom is 0.0488 e. The van der Waals surface area contributed by atoms with E-state index >= 15 is 0 Å². The summed E-state index contributed by atoms with van der Waals surface area (Å²) in [6.45, 7) is 3.17. The van der Waals surface area contributed by atoms with Gasteiger partial charge in [-0.15, -0.1) is 0 Å². The minimum Gasteiger partial charge on any atom is -0.384 e. The highest BCUT2D eigenvalue weighted by Gasteiger charge is 2.20. The zero-order valence-electron chi connectivity index (χ0n) is 10.6. The number of nitrogens with one attached hydrogen (secondary N) is 1. The van der Waals surface area contributed by atoms with Crippen LogP contribution in [0.4, 0.5) is 0 Å². The summed E-state index contributed by atoms with van der Waals surface area (Å²) in [5.74, 6) is 1.66. The summed E-state index contributed by atoms with van der Waals surface area (Å²) in [5, 5.41) is 3.46. The van der Waals surface area contributed by atoms with Gasteiger partial charge in [-0.2, -0.15) is 0 Å². The highest BCUT2D eigenvalue weighted by molar-refractivity contribution is 4.76. The molecule has 1 aliphatic rings. The van der Waals surface area contributed by atoms with E-state index < -0.39 is 0 Å². The molecule has 1 fully saturated rings. The molecule has 0 bridgehead atoms. The molecular formula is C13H27NO. The molecule has 0 saturated heterocycles. The van der Waals surface area contributed by atoms with Crippen LogP contribution in [0.2, 0.25) is 0 Å². The minimum atomic E-state index is 0.675. The summed E-state index contributed by atoms with van der Waals surface area (Å²) >= 11 is 0. The smallest absolute Gasteiger partial charge is 0.0488 e. The molecule has 2 atom stereocenters. The van der Waals surface area contributed by atoms with E-state index in [2.05, 4.69) is 19.3 Å². The maximum absolute atomic E-state index is 5.19. The van der Waals surface area contributed by atoms with Gasteiger partial charge in [-0.05, 0) is 31.7 Å². The topological polar surface area (TPSA) is 21.3 Å². The van der Waals surface area contributed by atoms with E-state index in [9.17, 15) is 0 Å². The summed E-state index contributed by atoms with van der Waals surface area (Å²) in [6.07, 6.45) is 8.43. The Balaban J connectivity index is 2.21. The van der Waals surface area contributed by atoms with E-state index in [0.29, 0.717) is 12.0 Å². The van der Waals surface area contributed by atoms with Gasteiger partial charge in [0.05, 0.1) is 0 Å². The third kappa shape index (κ3) is 4.98. The van der Waals surface area contributed by atoms with Gasteiger partial charge in [0.15, 0.2) is 0 Å². The average molecular weight is 213 g/mol. The molecule has 2 unspecified atom stereocenters. The summed E-state index contributed by atoms with van der Waals surface area (Å²) in [7, 11) is 3.89. The first-order valence-electron chi connectivity index (χ1n) is 6.42. The molecule has 0 aliphatic heterocycles. The zero-order chi connectivity index (χ0) is 11.1. The van der Waals surface area contributed by atoms with Gasteiger partial charge in [0.2, 0.25) is 0 Å². The Morgan fingerprint density at radius 2 is 2.00 bits per heavy atom. The first kappa shape index (κ1) is 13.0. The van der Waals surface area contributed by atoms with Gasteiger partial charge in [0, 0.05) is 19.8 Å². The van der Waals surface area contributed by atoms with Gasteiger partial charge in [-0.1, -0.05) is 32.6 Å². The van der Waals surface area contributed by atoms with Crippen LogP contribution >= 0.6 is 0 Å². The van der Waals surface area contributed by atoms with Crippen LogP contribution in [-0.2, 0) is 4.74 Å². The van der Waals surface area contributed by atoms with Crippen molar-refractivity contribution in [3.8, 4) is 0 Å². The SMILES string of the molecule is CNC(CC(C)COC)CC1CCCC1. The van der Waals surface area contributed by atoms with E-state index in [1.165, 1.54) is 38.5 Å². The molecule has 15 heavy (non-hydrogen) atoms. The molecule has 0 aromatic rings. The second kappa shape index (κ2) is 7.24. The molecule has 0 radical (unpaired) electrons. The lowest BCUT2D eigenvalue weighted by atomic mass is 9.92. The molecule has 2 nitrogen and oxygen atoms in total. The standard InChI is InChI=1S/C13H27NO/c1-11(10-15-3)8-13(14-2)9-12-6-4-5-7-12/h11-14H,4-10H2,1-3H3. The van der Waals surface area contributed by atoms with Crippen LogP contribution in [0.1, 0.15) is 45.4 Å². The van der Waals surface area contributed by atoms with Crippen molar-refractivity contribution in [2.45, 2.75) is 51.5 Å². The molecule has 2 heteroatoms. The molecule has 1 rings (SSSR count). The fourth-order valence-electron chi connectivity index (χ4n) is 2.82. The Bertz CT molecular complexity index is 155. The lowest BCUT2D eigenvalue weighted by Crippen LogP contribution is -2.30. The van der Waals surface area contributed by atoms with Crippen LogP contribution in [0.5, 0.6) is 0 Å². The van der Waals surface area contributed by atoms with Crippen molar-refractivity contribution >= 4 is 0 Å². The predicted molar refractivity (Wildman–Crippen MR) is 65.1 cm³/mol. The Morgan fingerprint density at radius 3 is 2.53 bits per heavy atom. The van der Waals surface area contributed by atoms with Crippen molar-refractivity contribution in [1.29, 1.82) is 0 Å². The minimum absolute atomic E-state index is 0.675. The number of rotatable bonds is 7. The summed E-state index contributed by atoms with van der Waals surface area (Å²) in [4.78, 5) is 0. The summed E-state index contributed by atoms with van der Waals surface area (Å²) in [6, 6.07) is 0.693. The Kier molecular flexibility index (Phi) is 6.26. The quantitative estimate of drug-likeness (QED) is 0.702. The fourth-order valence-corrected chi connectivity index (χ4v) is 2.82. The number of hydrogen-bond acceptors (Lipinski definition) is 2. The van der Waals surface area contributed by atoms with E-state index in [4.69, 9.17) is 4.74 Å². The predicted octanol–water partition coefficient (Wildman–Crippen LogP) is 2.83. The molecule has 1 N–H and O–H groups in total. The van der Waals surface area contributed by atoms with Gasteiger partial charge < -0.3 is 10.1 Å². The second-order valence-electron chi connectivity index (χ2n) is 5.17. The Morgan fingerprint density at radius 1 is 1.33 bits per heavy atom. The van der Waals surface area contributed by atoms with Gasteiger partial charge in [0.1, 0.15) is 0 Å². The zero-order valence-corrected chi connectivity index (χ0v) is 10.6. The molecule has 0 heterocycles. The van der Waals surface area contributed by atoms with Crippen molar-refractivity contribution in [3.63, 3.8) is 0 Å². The number of methoxy groups -OCH3 is 1. The van der Waals surface area contributed by atoms with Crippen LogP contribution in [0, 0.1) is 11.8 Å². The third-order valence-corrected chi connectivity index (χ3v) is 3.64. The number of ether oxygens (including phenoxy) is 1. The fraction of sp³-hybridized carbons (Fsp3) is 1.00. The molecule has 90 valence electrons. The van der Waals surface area contributed by atoms with Gasteiger partial charge in [-0.3, -0.25) is 0 Å². The molecule has 1 saturated carbocycles. The van der Waals surface area contributed by atoms with Crippen molar-refractivity contribution < 1.29 is 4.74 Å². The number of hydrogen-bond donors (Lipinski definition) is 1. The summed E-state index contributed by atoms with van der Waals surface area (Å²) < 4.78 is 5.19. The van der Waals surface area contributed by atoms with Crippen LogP contribution in [-0.4, -0.2) is 26.8 Å².